The number of hydrogen-bond acceptors (Lipinski definition) is 3. The van der Waals surface area contributed by atoms with Crippen LogP contribution in [0.15, 0.2) is 18.2 Å². The van der Waals surface area contributed by atoms with E-state index in [1.54, 1.807) is 12.1 Å². The summed E-state index contributed by atoms with van der Waals surface area (Å²) in [5.74, 6) is 0.183. The van der Waals surface area contributed by atoms with Crippen LogP contribution in [0.1, 0.15) is 24.5 Å². The van der Waals surface area contributed by atoms with Crippen molar-refractivity contribution in [1.29, 1.82) is 0 Å². The summed E-state index contributed by atoms with van der Waals surface area (Å²) in [7, 11) is 0. The largest absolute Gasteiger partial charge is 0.395 e. The molecule has 0 aromatic heterocycles. The molecule has 5 heteroatoms. The Hall–Kier alpha value is -1.04. The Morgan fingerprint density at radius 2 is 2.32 bits per heavy atom. The Morgan fingerprint density at radius 3 is 2.95 bits per heavy atom. The molecule has 104 valence electrons. The third-order valence-electron chi connectivity index (χ3n) is 3.89. The Balaban J connectivity index is 2.18. The second-order valence-corrected chi connectivity index (χ2v) is 5.60. The molecule has 1 aliphatic rings. The Morgan fingerprint density at radius 1 is 1.58 bits per heavy atom. The average molecular weight is 282 g/mol. The number of nitrogens with zero attached hydrogens (tertiary/aromatic N) is 1. The van der Waals surface area contributed by atoms with E-state index in [4.69, 9.17) is 18.0 Å². The highest BCUT2D eigenvalue weighted by Crippen LogP contribution is 2.26. The van der Waals surface area contributed by atoms with Crippen LogP contribution in [0, 0.1) is 11.7 Å². The summed E-state index contributed by atoms with van der Waals surface area (Å²) in [5, 5.41) is 9.42. The third-order valence-corrected chi connectivity index (χ3v) is 4.12. The number of thiocarbonyl (C=S) groups is 1. The maximum Gasteiger partial charge on any atom is 0.127 e. The lowest BCUT2D eigenvalue weighted by atomic mass is 10.0. The molecule has 1 aromatic rings. The lowest BCUT2D eigenvalue weighted by molar-refractivity contribution is 0.133. The summed E-state index contributed by atoms with van der Waals surface area (Å²) < 4.78 is 13.8. The molecular formula is C14H19FN2OS. The molecule has 0 saturated carbocycles. The molecule has 1 fully saturated rings. The fourth-order valence-electron chi connectivity index (χ4n) is 2.65. The van der Waals surface area contributed by atoms with E-state index in [2.05, 4.69) is 11.8 Å². The van der Waals surface area contributed by atoms with Gasteiger partial charge in [0, 0.05) is 23.7 Å². The van der Waals surface area contributed by atoms with Crippen molar-refractivity contribution in [3.05, 3.63) is 35.1 Å². The van der Waals surface area contributed by atoms with Gasteiger partial charge in [-0.05, 0) is 37.1 Å². The number of likely N-dealkylation sites (tertiary alicyclic amines) is 1. The number of hydrogen-bond donors (Lipinski definition) is 2. The van der Waals surface area contributed by atoms with Crippen LogP contribution >= 0.6 is 12.2 Å². The van der Waals surface area contributed by atoms with Crippen LogP contribution in [0.2, 0.25) is 0 Å². The molecule has 1 heterocycles. The third kappa shape index (κ3) is 3.11. The molecule has 2 unspecified atom stereocenters. The molecule has 1 aromatic carbocycles. The van der Waals surface area contributed by atoms with Gasteiger partial charge in [-0.3, -0.25) is 4.90 Å². The van der Waals surface area contributed by atoms with Crippen molar-refractivity contribution in [1.82, 2.24) is 4.90 Å². The number of nitrogens with two attached hydrogens (primary N) is 1. The first-order valence-electron chi connectivity index (χ1n) is 6.46. The van der Waals surface area contributed by atoms with Crippen LogP contribution in [0.25, 0.3) is 0 Å². The highest BCUT2D eigenvalue weighted by molar-refractivity contribution is 7.80. The second-order valence-electron chi connectivity index (χ2n) is 5.16. The Bertz CT molecular complexity index is 481. The fraction of sp³-hybridized carbons (Fsp3) is 0.500. The summed E-state index contributed by atoms with van der Waals surface area (Å²) in [5.41, 5.74) is 6.83. The molecule has 2 atom stereocenters. The smallest absolute Gasteiger partial charge is 0.127 e. The van der Waals surface area contributed by atoms with Gasteiger partial charge < -0.3 is 10.8 Å². The van der Waals surface area contributed by atoms with E-state index in [9.17, 15) is 9.50 Å². The van der Waals surface area contributed by atoms with E-state index in [0.717, 1.165) is 13.0 Å². The Kier molecular flexibility index (Phi) is 4.50. The van der Waals surface area contributed by atoms with Crippen molar-refractivity contribution in [3.8, 4) is 0 Å². The van der Waals surface area contributed by atoms with Crippen LogP contribution < -0.4 is 5.73 Å². The van der Waals surface area contributed by atoms with Crippen molar-refractivity contribution in [2.45, 2.75) is 25.9 Å². The molecular weight excluding hydrogens is 263 g/mol. The standard InChI is InChI=1S/C14H19FN2OS/c1-9-4-5-17(13(9)8-18)7-11-6-10(14(16)19)2-3-12(11)15/h2-3,6,9,13,18H,4-5,7-8H2,1H3,(H2,16,19). The van der Waals surface area contributed by atoms with Crippen LogP contribution in [0.5, 0.6) is 0 Å². The first-order valence-corrected chi connectivity index (χ1v) is 6.87. The van der Waals surface area contributed by atoms with Crippen LogP contribution in [-0.4, -0.2) is 34.2 Å². The maximum absolute atomic E-state index is 13.8. The highest BCUT2D eigenvalue weighted by Gasteiger charge is 2.30. The van der Waals surface area contributed by atoms with E-state index in [0.29, 0.717) is 23.6 Å². The maximum atomic E-state index is 13.8. The zero-order valence-corrected chi connectivity index (χ0v) is 11.8. The van der Waals surface area contributed by atoms with E-state index in [1.165, 1.54) is 6.07 Å². The lowest BCUT2D eigenvalue weighted by Gasteiger charge is -2.25. The normalized spacial score (nSPS) is 23.7. The summed E-state index contributed by atoms with van der Waals surface area (Å²) in [6.45, 7) is 3.58. The lowest BCUT2D eigenvalue weighted by Crippen LogP contribution is -2.35. The number of benzene rings is 1. The molecule has 19 heavy (non-hydrogen) atoms. The van der Waals surface area contributed by atoms with Crippen LogP contribution in [-0.2, 0) is 6.54 Å². The van der Waals surface area contributed by atoms with Gasteiger partial charge in [0.15, 0.2) is 0 Å². The number of rotatable bonds is 4. The van der Waals surface area contributed by atoms with E-state index >= 15 is 0 Å². The average Bonchev–Trinajstić information content (AvgIpc) is 2.72. The van der Waals surface area contributed by atoms with Gasteiger partial charge in [0.05, 0.1) is 6.61 Å². The van der Waals surface area contributed by atoms with Gasteiger partial charge in [0.2, 0.25) is 0 Å². The van der Waals surface area contributed by atoms with E-state index in [1.807, 2.05) is 0 Å². The summed E-state index contributed by atoms with van der Waals surface area (Å²) in [6, 6.07) is 4.80. The topological polar surface area (TPSA) is 49.5 Å². The van der Waals surface area contributed by atoms with Gasteiger partial charge in [0.1, 0.15) is 10.8 Å². The quantitative estimate of drug-likeness (QED) is 0.825. The molecule has 0 spiro atoms. The molecule has 3 nitrogen and oxygen atoms in total. The van der Waals surface area contributed by atoms with Crippen molar-refractivity contribution < 1.29 is 9.50 Å². The van der Waals surface area contributed by atoms with Gasteiger partial charge in [-0.25, -0.2) is 4.39 Å². The minimum absolute atomic E-state index is 0.105. The fourth-order valence-corrected chi connectivity index (χ4v) is 2.77. The summed E-state index contributed by atoms with van der Waals surface area (Å²) in [6.07, 6.45) is 1.03. The minimum atomic E-state index is -0.253. The first kappa shape index (κ1) is 14.4. The van der Waals surface area contributed by atoms with Gasteiger partial charge in [-0.2, -0.15) is 0 Å². The number of aliphatic hydroxyl groups excluding tert-OH is 1. The first-order chi connectivity index (χ1) is 9.02. The van der Waals surface area contributed by atoms with Gasteiger partial charge in [0.25, 0.3) is 0 Å². The van der Waals surface area contributed by atoms with E-state index < -0.39 is 0 Å². The van der Waals surface area contributed by atoms with Crippen molar-refractivity contribution >= 4 is 17.2 Å². The summed E-state index contributed by atoms with van der Waals surface area (Å²) >= 11 is 4.91. The Labute approximate surface area is 118 Å². The molecule has 0 radical (unpaired) electrons. The van der Waals surface area contributed by atoms with Gasteiger partial charge >= 0.3 is 0 Å². The molecule has 1 saturated heterocycles. The van der Waals surface area contributed by atoms with Crippen LogP contribution in [0.3, 0.4) is 0 Å². The molecule has 0 bridgehead atoms. The molecule has 2 rings (SSSR count). The molecule has 0 aliphatic carbocycles. The molecule has 3 N–H and O–H groups in total. The monoisotopic (exact) mass is 282 g/mol. The predicted octanol–water partition coefficient (Wildman–Crippen LogP) is 1.66. The minimum Gasteiger partial charge on any atom is -0.395 e. The summed E-state index contributed by atoms with van der Waals surface area (Å²) in [4.78, 5) is 2.39. The zero-order valence-electron chi connectivity index (χ0n) is 11.0. The predicted molar refractivity (Wildman–Crippen MR) is 77.4 cm³/mol. The zero-order chi connectivity index (χ0) is 14.0. The molecule has 0 amide bonds. The van der Waals surface area contributed by atoms with Gasteiger partial charge in [-0.1, -0.05) is 19.1 Å². The van der Waals surface area contributed by atoms with Crippen molar-refractivity contribution in [2.24, 2.45) is 11.7 Å². The number of halogens is 1. The molecule has 1 aliphatic heterocycles. The SMILES string of the molecule is CC1CCN(Cc2cc(C(N)=S)ccc2F)C1CO. The van der Waals surface area contributed by atoms with E-state index in [-0.39, 0.29) is 23.5 Å². The van der Waals surface area contributed by atoms with Crippen LogP contribution in [0.4, 0.5) is 4.39 Å². The van der Waals surface area contributed by atoms with Crippen molar-refractivity contribution in [3.63, 3.8) is 0 Å². The second kappa shape index (κ2) is 5.94. The van der Waals surface area contributed by atoms with Gasteiger partial charge in [-0.15, -0.1) is 0 Å². The van der Waals surface area contributed by atoms with Crippen molar-refractivity contribution in [2.75, 3.05) is 13.2 Å². The highest BCUT2D eigenvalue weighted by atomic mass is 32.1. The number of aliphatic hydroxyl groups is 1.